The molecule has 0 saturated heterocycles. The van der Waals surface area contributed by atoms with Gasteiger partial charge >= 0.3 is 11.9 Å². The molecule has 21 heavy (non-hydrogen) atoms. The molecule has 0 saturated carbocycles. The molecule has 108 valence electrons. The molecule has 0 aliphatic rings. The van der Waals surface area contributed by atoms with Gasteiger partial charge in [0.2, 0.25) is 0 Å². The van der Waals surface area contributed by atoms with Crippen LogP contribution >= 0.6 is 0 Å². The first-order chi connectivity index (χ1) is 10.2. The molecule has 2 aromatic carbocycles. The number of hydrogen-bond donors (Lipinski definition) is 0. The number of benzene rings is 2. The summed E-state index contributed by atoms with van der Waals surface area (Å²) >= 11 is 0. The Balaban J connectivity index is 2.22. The van der Waals surface area contributed by atoms with Gasteiger partial charge in [-0.25, -0.2) is 9.59 Å². The average Bonchev–Trinajstić information content (AvgIpc) is 2.54. The third-order valence-electron chi connectivity index (χ3n) is 2.82. The minimum atomic E-state index is -0.624. The molecule has 2 aromatic rings. The predicted molar refractivity (Wildman–Crippen MR) is 75.7 cm³/mol. The smallest absolute Gasteiger partial charge is 0.344 e. The first-order valence-corrected chi connectivity index (χ1v) is 6.19. The lowest BCUT2D eigenvalue weighted by Gasteiger charge is -2.08. The Labute approximate surface area is 122 Å². The molecule has 0 radical (unpaired) electrons. The molecule has 0 amide bonds. The summed E-state index contributed by atoms with van der Waals surface area (Å²) < 4.78 is 14.9. The quantitative estimate of drug-likeness (QED) is 0.639. The second-order valence-electron chi connectivity index (χ2n) is 4.10. The highest BCUT2D eigenvalue weighted by atomic mass is 16.5. The zero-order valence-electron chi connectivity index (χ0n) is 11.7. The van der Waals surface area contributed by atoms with E-state index in [2.05, 4.69) is 4.74 Å². The molecule has 0 fully saturated rings. The van der Waals surface area contributed by atoms with Crippen molar-refractivity contribution >= 4 is 11.9 Å². The summed E-state index contributed by atoms with van der Waals surface area (Å²) in [5.74, 6) is -0.191. The number of esters is 2. The topological polar surface area (TPSA) is 61.8 Å². The number of carbonyl (C=O) groups is 2. The number of methoxy groups -OCH3 is 2. The van der Waals surface area contributed by atoms with Crippen LogP contribution in [-0.2, 0) is 4.74 Å². The number of hydrogen-bond acceptors (Lipinski definition) is 5. The van der Waals surface area contributed by atoms with Gasteiger partial charge in [-0.3, -0.25) is 0 Å². The Hall–Kier alpha value is -2.82. The summed E-state index contributed by atoms with van der Waals surface area (Å²) in [7, 11) is 2.81. The van der Waals surface area contributed by atoms with E-state index in [9.17, 15) is 9.59 Å². The SMILES string of the molecule is COC(=O)c1ccccc1C(=O)Oc1ccc(OC)cc1. The predicted octanol–water partition coefficient (Wildman–Crippen LogP) is 2.70. The Bertz CT molecular complexity index is 646. The fraction of sp³-hybridized carbons (Fsp3) is 0.125. The summed E-state index contributed by atoms with van der Waals surface area (Å²) in [6.07, 6.45) is 0. The average molecular weight is 286 g/mol. The summed E-state index contributed by atoms with van der Waals surface area (Å²) in [5, 5.41) is 0. The minimum Gasteiger partial charge on any atom is -0.497 e. The van der Waals surface area contributed by atoms with Crippen LogP contribution in [0.5, 0.6) is 11.5 Å². The van der Waals surface area contributed by atoms with Gasteiger partial charge in [0.05, 0.1) is 25.3 Å². The van der Waals surface area contributed by atoms with Crippen LogP contribution in [0.3, 0.4) is 0 Å². The Morgan fingerprint density at radius 3 is 1.81 bits per heavy atom. The number of carbonyl (C=O) groups excluding carboxylic acids is 2. The van der Waals surface area contributed by atoms with Crippen molar-refractivity contribution < 1.29 is 23.8 Å². The Kier molecular flexibility index (Phi) is 4.56. The standard InChI is InChI=1S/C16H14O5/c1-19-11-7-9-12(10-8-11)21-16(18)14-6-4-3-5-13(14)15(17)20-2/h3-10H,1-2H3. The lowest BCUT2D eigenvalue weighted by atomic mass is 10.1. The molecular formula is C16H14O5. The maximum atomic E-state index is 12.1. The van der Waals surface area contributed by atoms with Crippen molar-refractivity contribution in [2.75, 3.05) is 14.2 Å². The van der Waals surface area contributed by atoms with Gasteiger partial charge in [-0.1, -0.05) is 12.1 Å². The van der Waals surface area contributed by atoms with E-state index in [0.717, 1.165) is 0 Å². The van der Waals surface area contributed by atoms with E-state index in [4.69, 9.17) is 9.47 Å². The highest BCUT2D eigenvalue weighted by Crippen LogP contribution is 2.19. The van der Waals surface area contributed by atoms with Gasteiger partial charge in [0.25, 0.3) is 0 Å². The molecule has 0 aliphatic heterocycles. The summed E-state index contributed by atoms with van der Waals surface area (Å²) in [6, 6.07) is 12.9. The number of rotatable bonds is 4. The van der Waals surface area contributed by atoms with E-state index in [1.807, 2.05) is 0 Å². The van der Waals surface area contributed by atoms with Crippen molar-refractivity contribution in [3.05, 3.63) is 59.7 Å². The third-order valence-corrected chi connectivity index (χ3v) is 2.82. The molecule has 0 bridgehead atoms. The van der Waals surface area contributed by atoms with Crippen molar-refractivity contribution in [2.24, 2.45) is 0 Å². The van der Waals surface area contributed by atoms with Gasteiger partial charge in [-0.05, 0) is 36.4 Å². The van der Waals surface area contributed by atoms with Gasteiger partial charge in [0.15, 0.2) is 0 Å². The summed E-state index contributed by atoms with van der Waals surface area (Å²) in [6.45, 7) is 0. The third kappa shape index (κ3) is 3.39. The largest absolute Gasteiger partial charge is 0.497 e. The second-order valence-corrected chi connectivity index (χ2v) is 4.10. The first kappa shape index (κ1) is 14.6. The van der Waals surface area contributed by atoms with Crippen LogP contribution in [0.1, 0.15) is 20.7 Å². The summed E-state index contributed by atoms with van der Waals surface area (Å²) in [5.41, 5.74) is 0.318. The van der Waals surface area contributed by atoms with E-state index < -0.39 is 11.9 Å². The van der Waals surface area contributed by atoms with Crippen LogP contribution in [0.4, 0.5) is 0 Å². The zero-order chi connectivity index (χ0) is 15.2. The van der Waals surface area contributed by atoms with Crippen LogP contribution < -0.4 is 9.47 Å². The van der Waals surface area contributed by atoms with E-state index in [1.54, 1.807) is 43.5 Å². The van der Waals surface area contributed by atoms with Crippen molar-refractivity contribution in [1.82, 2.24) is 0 Å². The first-order valence-electron chi connectivity index (χ1n) is 6.19. The van der Waals surface area contributed by atoms with E-state index >= 15 is 0 Å². The van der Waals surface area contributed by atoms with Crippen molar-refractivity contribution in [1.29, 1.82) is 0 Å². The fourth-order valence-electron chi connectivity index (χ4n) is 1.75. The van der Waals surface area contributed by atoms with Gasteiger partial charge in [-0.2, -0.15) is 0 Å². The summed E-state index contributed by atoms with van der Waals surface area (Å²) in [4.78, 5) is 23.8. The maximum absolute atomic E-state index is 12.1. The van der Waals surface area contributed by atoms with Crippen LogP contribution in [-0.4, -0.2) is 26.2 Å². The van der Waals surface area contributed by atoms with E-state index in [-0.39, 0.29) is 11.1 Å². The maximum Gasteiger partial charge on any atom is 0.344 e. The van der Waals surface area contributed by atoms with Crippen LogP contribution in [0.15, 0.2) is 48.5 Å². The fourth-order valence-corrected chi connectivity index (χ4v) is 1.75. The van der Waals surface area contributed by atoms with Crippen molar-refractivity contribution in [3.8, 4) is 11.5 Å². The molecule has 0 aliphatic carbocycles. The van der Waals surface area contributed by atoms with Crippen LogP contribution in [0, 0.1) is 0 Å². The number of ether oxygens (including phenoxy) is 3. The van der Waals surface area contributed by atoms with Crippen LogP contribution in [0.25, 0.3) is 0 Å². The molecule has 0 atom stereocenters. The van der Waals surface area contributed by atoms with Gasteiger partial charge < -0.3 is 14.2 Å². The highest BCUT2D eigenvalue weighted by Gasteiger charge is 2.18. The monoisotopic (exact) mass is 286 g/mol. The lowest BCUT2D eigenvalue weighted by molar-refractivity contribution is 0.0587. The Morgan fingerprint density at radius 1 is 0.762 bits per heavy atom. The van der Waals surface area contributed by atoms with Crippen molar-refractivity contribution in [2.45, 2.75) is 0 Å². The van der Waals surface area contributed by atoms with Crippen molar-refractivity contribution in [3.63, 3.8) is 0 Å². The molecule has 0 aromatic heterocycles. The van der Waals surface area contributed by atoms with Gasteiger partial charge in [-0.15, -0.1) is 0 Å². The molecule has 0 unspecified atom stereocenters. The second kappa shape index (κ2) is 6.56. The minimum absolute atomic E-state index is 0.153. The lowest BCUT2D eigenvalue weighted by Crippen LogP contribution is -2.15. The molecule has 2 rings (SSSR count). The molecule has 0 spiro atoms. The molecule has 5 nitrogen and oxygen atoms in total. The normalized spacial score (nSPS) is 9.81. The molecule has 0 N–H and O–H groups in total. The van der Waals surface area contributed by atoms with Gasteiger partial charge in [0.1, 0.15) is 11.5 Å². The molecule has 0 heterocycles. The molecular weight excluding hydrogens is 272 g/mol. The zero-order valence-corrected chi connectivity index (χ0v) is 11.7. The van der Waals surface area contributed by atoms with E-state index in [1.165, 1.54) is 19.2 Å². The van der Waals surface area contributed by atoms with E-state index in [0.29, 0.717) is 11.5 Å². The Morgan fingerprint density at radius 2 is 1.29 bits per heavy atom. The van der Waals surface area contributed by atoms with Gasteiger partial charge in [0, 0.05) is 0 Å². The molecule has 5 heteroatoms. The highest BCUT2D eigenvalue weighted by molar-refractivity contribution is 6.03. The van der Waals surface area contributed by atoms with Crippen LogP contribution in [0.2, 0.25) is 0 Å².